The molecule has 0 aliphatic heterocycles. The highest BCUT2D eigenvalue weighted by Crippen LogP contribution is 2.37. The number of carbonyl (C=O) groups is 2. The molecule has 0 spiro atoms. The number of aromatic nitrogens is 4. The van der Waals surface area contributed by atoms with Gasteiger partial charge in [-0.1, -0.05) is 91.3 Å². The lowest BCUT2D eigenvalue weighted by atomic mass is 9.91. The van der Waals surface area contributed by atoms with Crippen molar-refractivity contribution in [1.29, 1.82) is 0 Å². The van der Waals surface area contributed by atoms with Crippen LogP contribution < -0.4 is 33.2 Å². The molecule has 4 aliphatic rings. The number of carboxylic acids is 1. The minimum absolute atomic E-state index is 0. The van der Waals surface area contributed by atoms with Crippen LogP contribution in [-0.2, 0) is 12.8 Å². The van der Waals surface area contributed by atoms with E-state index >= 15 is 0 Å². The summed E-state index contributed by atoms with van der Waals surface area (Å²) in [4.78, 5) is 41.0. The molecule has 386 valence electrons. The molecule has 13 nitrogen and oxygen atoms in total. The predicted molar refractivity (Wildman–Crippen MR) is 289 cm³/mol. The van der Waals surface area contributed by atoms with Gasteiger partial charge in [-0.2, -0.15) is 0 Å². The molecule has 0 bridgehead atoms. The normalized spacial score (nSPS) is 18.2. The van der Waals surface area contributed by atoms with Crippen molar-refractivity contribution in [3.63, 3.8) is 0 Å². The van der Waals surface area contributed by atoms with Crippen LogP contribution >= 0.6 is 35.6 Å². The number of nitrogens with zero attached hydrogens (tertiary/aromatic N) is 4. The zero-order chi connectivity index (χ0) is 51.3. The van der Waals surface area contributed by atoms with Gasteiger partial charge in [0.1, 0.15) is 11.6 Å². The first-order valence-corrected chi connectivity index (χ1v) is 23.9. The molecule has 1 amide bonds. The molecular formula is C54H60Cl3F3N10O3. The fraction of sp³-hybridized carbons (Fsp3) is 0.296. The molecule has 6 aromatic rings. The summed E-state index contributed by atoms with van der Waals surface area (Å²) >= 11 is 12.9. The number of halogens is 6. The lowest BCUT2D eigenvalue weighted by Gasteiger charge is -2.30. The van der Waals surface area contributed by atoms with Gasteiger partial charge < -0.3 is 38.3 Å². The van der Waals surface area contributed by atoms with E-state index in [-0.39, 0.29) is 66.4 Å². The monoisotopic (exact) mass is 1060 g/mol. The number of alkyl halides is 1. The highest BCUT2D eigenvalue weighted by Gasteiger charge is 2.27. The molecule has 10 N–H and O–H groups in total. The number of nitrogens with two attached hydrogens (primary N) is 3. The average Bonchev–Trinajstić information content (AvgIpc) is 4.00. The van der Waals surface area contributed by atoms with Crippen LogP contribution in [0.15, 0.2) is 109 Å². The first-order chi connectivity index (χ1) is 34.7. The first kappa shape index (κ1) is 55.6. The third-order valence-electron chi connectivity index (χ3n) is 12.6. The Morgan fingerprint density at radius 1 is 0.699 bits per heavy atom. The molecule has 19 heteroatoms. The lowest BCUT2D eigenvalue weighted by Crippen LogP contribution is -2.42. The minimum Gasteiger partial charge on any atom is -0.478 e. The maximum absolute atomic E-state index is 13.7. The largest absolute Gasteiger partial charge is 0.478 e. The zero-order valence-electron chi connectivity index (χ0n) is 40.1. The molecule has 2 fully saturated rings. The molecule has 4 aliphatic carbocycles. The van der Waals surface area contributed by atoms with Gasteiger partial charge in [0.05, 0.1) is 59.3 Å². The van der Waals surface area contributed by atoms with E-state index < -0.39 is 24.8 Å². The summed E-state index contributed by atoms with van der Waals surface area (Å²) in [5.41, 5.74) is 25.4. The topological polar surface area (TPSA) is 220 Å². The number of aromatic carboxylic acids is 1. The van der Waals surface area contributed by atoms with E-state index in [1.54, 1.807) is 12.4 Å². The van der Waals surface area contributed by atoms with Gasteiger partial charge in [-0.05, 0) is 123 Å². The Morgan fingerprint density at radius 2 is 1.15 bits per heavy atom. The maximum atomic E-state index is 13.7. The highest BCUT2D eigenvalue weighted by molar-refractivity contribution is 6.32. The van der Waals surface area contributed by atoms with E-state index in [0.717, 1.165) is 98.4 Å². The number of fused-ring (bicyclic) bond motifs is 2. The Morgan fingerprint density at radius 3 is 1.64 bits per heavy atom. The quantitative estimate of drug-likeness (QED) is 0.0673. The van der Waals surface area contributed by atoms with E-state index in [1.807, 2.05) is 12.1 Å². The number of allylic oxidation sites excluding steroid dienone is 2. The van der Waals surface area contributed by atoms with Gasteiger partial charge in [-0.3, -0.25) is 9.18 Å². The number of rotatable bonds is 9. The first-order valence-electron chi connectivity index (χ1n) is 23.8. The Bertz CT molecular complexity index is 2970. The smallest absolute Gasteiger partial charge is 0.335 e. The molecular weight excluding hydrogens is 1000 g/mol. The minimum atomic E-state index is -1.16. The second-order valence-electron chi connectivity index (χ2n) is 17.5. The van der Waals surface area contributed by atoms with Crippen LogP contribution in [0.25, 0.3) is 11.1 Å². The van der Waals surface area contributed by atoms with Gasteiger partial charge in [0, 0.05) is 40.9 Å². The molecule has 2 saturated carbocycles. The Labute approximate surface area is 441 Å². The SMILES string of the molecule is C.Cl.N[C@H]1CCC[C@@H](Nc2ncc(Cl)c(C3=CCc4ccccc43)n2)C1.Nc1ccc(C(=O)N[C@H]2CCC[C@@H](Nc3ncc(Cl)c(C4=CCc5ccccc54)n3)C2)cc1F.Nc1ccc(C(=O)O)cc1F.[2H]CF. The number of carbonyl (C=O) groups excluding carboxylic acids is 1. The number of nitrogens with one attached hydrogen (secondary N) is 3. The van der Waals surface area contributed by atoms with Crippen LogP contribution in [0.3, 0.4) is 0 Å². The summed E-state index contributed by atoms with van der Waals surface area (Å²) in [6.07, 6.45) is 17.2. The average molecular weight is 1060 g/mol. The van der Waals surface area contributed by atoms with Crippen molar-refractivity contribution in [2.75, 3.05) is 29.3 Å². The second-order valence-corrected chi connectivity index (χ2v) is 18.3. The summed E-state index contributed by atoms with van der Waals surface area (Å²) < 4.78 is 41.8. The van der Waals surface area contributed by atoms with Crippen molar-refractivity contribution in [1.82, 2.24) is 25.3 Å². The summed E-state index contributed by atoms with van der Waals surface area (Å²) in [6.45, 7) is 0. The molecule has 4 atom stereocenters. The van der Waals surface area contributed by atoms with E-state index in [9.17, 15) is 22.8 Å². The zero-order valence-corrected chi connectivity index (χ0v) is 41.4. The van der Waals surface area contributed by atoms with Crippen LogP contribution in [0.5, 0.6) is 0 Å². The van der Waals surface area contributed by atoms with Crippen molar-refractivity contribution in [2.24, 2.45) is 5.73 Å². The number of hydrogen-bond donors (Lipinski definition) is 7. The van der Waals surface area contributed by atoms with E-state index in [0.29, 0.717) is 28.0 Å². The third-order valence-corrected chi connectivity index (χ3v) is 13.1. The number of anilines is 4. The van der Waals surface area contributed by atoms with E-state index in [2.05, 4.69) is 74.5 Å². The summed E-state index contributed by atoms with van der Waals surface area (Å²) in [6, 6.07) is 24.8. The molecule has 10 rings (SSSR count). The van der Waals surface area contributed by atoms with Crippen molar-refractivity contribution >= 4 is 81.9 Å². The standard InChI is InChI=1S/C26H25ClFN5O.C19H21ClN4.C7H6FNO2.CH3F.CH4.ClH/c27-21-14-30-26(33-24(21)20-10-8-15-4-1-2-7-19(15)20)32-18-6-3-5-17(13-18)31-25(34)16-9-11-23(29)22(28)12-16;20-17-11-22-19(23-14-6-3-5-13(21)10-14)24-18(17)16-9-8-12-4-1-2-7-15(12)16;8-5-3-4(7(10)11)1-2-6(5)9;1-2;;/h1-2,4,7,9-12,14,17-18H,3,5-6,8,13,29H2,(H,31,34)(H,30,32,33);1-2,4,7,9,11,13-14H,3,5-6,8,10,21H2,(H,22,23,24);1-3H,9H2,(H,10,11);1H3;1H4;1H/t17-,18+;13-,14+;;;;/m00..../s1/i;;;1D;;. The van der Waals surface area contributed by atoms with Crippen molar-refractivity contribution in [2.45, 2.75) is 95.8 Å². The molecule has 0 saturated heterocycles. The number of amides is 1. The summed E-state index contributed by atoms with van der Waals surface area (Å²) in [5, 5.41) is 19.4. The van der Waals surface area contributed by atoms with E-state index in [4.69, 9.17) is 56.8 Å². The lowest BCUT2D eigenvalue weighted by molar-refractivity contribution is 0.0696. The Balaban J connectivity index is 0.000000220. The van der Waals surface area contributed by atoms with Gasteiger partial charge in [0.15, 0.2) is 0 Å². The second kappa shape index (κ2) is 26.8. The van der Waals surface area contributed by atoms with Crippen molar-refractivity contribution in [3.8, 4) is 0 Å². The molecule has 73 heavy (non-hydrogen) atoms. The predicted octanol–water partition coefficient (Wildman–Crippen LogP) is 11.5. The molecule has 2 aromatic heterocycles. The third kappa shape index (κ3) is 14.7. The van der Waals surface area contributed by atoms with Crippen molar-refractivity contribution in [3.05, 3.63) is 176 Å². The van der Waals surface area contributed by atoms with Crippen LogP contribution in [0.2, 0.25) is 10.0 Å². The summed E-state index contributed by atoms with van der Waals surface area (Å²) in [5.74, 6) is -1.61. The number of nitrogen functional groups attached to an aromatic ring is 2. The summed E-state index contributed by atoms with van der Waals surface area (Å²) in [7, 11) is -1.00. The van der Waals surface area contributed by atoms with Crippen molar-refractivity contribution < 1.29 is 29.2 Å². The number of benzene rings is 4. The fourth-order valence-corrected chi connectivity index (χ4v) is 9.42. The van der Waals surface area contributed by atoms with Gasteiger partial charge in [-0.15, -0.1) is 12.4 Å². The fourth-order valence-electron chi connectivity index (χ4n) is 9.04. The number of hydrogen-bond acceptors (Lipinski definition) is 11. The Hall–Kier alpha value is -6.72. The Kier molecular flexibility index (Phi) is 20.4. The van der Waals surface area contributed by atoms with Gasteiger partial charge >= 0.3 is 5.97 Å². The van der Waals surface area contributed by atoms with Crippen LogP contribution in [0.1, 0.15) is 115 Å². The van der Waals surface area contributed by atoms with Crippen LogP contribution in [0.4, 0.5) is 36.4 Å². The van der Waals surface area contributed by atoms with E-state index in [1.165, 1.54) is 47.0 Å². The number of carboxylic acid groups (broad SMARTS) is 1. The highest BCUT2D eigenvalue weighted by atomic mass is 35.5. The van der Waals surface area contributed by atoms with Gasteiger partial charge in [0.25, 0.3) is 5.91 Å². The maximum Gasteiger partial charge on any atom is 0.335 e. The molecule has 0 radical (unpaired) electrons. The van der Waals surface area contributed by atoms with Gasteiger partial charge in [-0.25, -0.2) is 33.5 Å². The van der Waals surface area contributed by atoms with Gasteiger partial charge in [0.2, 0.25) is 11.9 Å². The van der Waals surface area contributed by atoms with Crippen LogP contribution in [-0.4, -0.2) is 68.2 Å². The molecule has 2 heterocycles. The van der Waals surface area contributed by atoms with Crippen LogP contribution in [0, 0.1) is 11.6 Å². The molecule has 0 unspecified atom stereocenters. The molecule has 4 aromatic carbocycles.